The third-order valence-corrected chi connectivity index (χ3v) is 6.03. The zero-order valence-electron chi connectivity index (χ0n) is 21.1. The Bertz CT molecular complexity index is 1040. The van der Waals surface area contributed by atoms with Gasteiger partial charge in [-0.1, -0.05) is 32.1 Å². The molecule has 0 aliphatic carbocycles. The van der Waals surface area contributed by atoms with Crippen molar-refractivity contribution in [2.45, 2.75) is 33.6 Å². The van der Waals surface area contributed by atoms with Crippen LogP contribution in [0.2, 0.25) is 0 Å². The number of rotatable bonds is 11. The highest BCUT2D eigenvalue weighted by molar-refractivity contribution is 6.21. The highest BCUT2D eigenvalue weighted by Gasteiger charge is 2.21. The van der Waals surface area contributed by atoms with Crippen LogP contribution >= 0.6 is 0 Å². The van der Waals surface area contributed by atoms with Crippen LogP contribution < -0.4 is 20.4 Å². The van der Waals surface area contributed by atoms with Gasteiger partial charge in [0.2, 0.25) is 0 Å². The molecule has 9 heteroatoms. The average molecular weight is 480 g/mol. The Kier molecular flexibility index (Phi) is 8.54. The minimum absolute atomic E-state index is 0.357. The number of nitrogens with one attached hydrogen (secondary N) is 2. The van der Waals surface area contributed by atoms with Gasteiger partial charge in [0.05, 0.1) is 18.9 Å². The van der Waals surface area contributed by atoms with E-state index in [0.717, 1.165) is 87.3 Å². The molecule has 1 aromatic heterocycles. The van der Waals surface area contributed by atoms with Crippen molar-refractivity contribution in [3.05, 3.63) is 47.7 Å². The van der Waals surface area contributed by atoms with Gasteiger partial charge in [0, 0.05) is 50.0 Å². The largest absolute Gasteiger partial charge is 0.462 e. The molecule has 2 aromatic rings. The van der Waals surface area contributed by atoms with Crippen LogP contribution in [0.1, 0.15) is 37.8 Å². The normalized spacial score (nSPS) is 16.8. The summed E-state index contributed by atoms with van der Waals surface area (Å²) in [5.41, 5.74) is 7.88. The van der Waals surface area contributed by atoms with Crippen LogP contribution in [-0.2, 0) is 4.74 Å². The van der Waals surface area contributed by atoms with Crippen molar-refractivity contribution >= 4 is 23.0 Å². The van der Waals surface area contributed by atoms with Crippen molar-refractivity contribution in [2.24, 2.45) is 5.10 Å². The predicted octanol–water partition coefficient (Wildman–Crippen LogP) is 3.88. The summed E-state index contributed by atoms with van der Waals surface area (Å²) in [6, 6.07) is 8.52. The van der Waals surface area contributed by atoms with E-state index in [1.807, 2.05) is 6.07 Å². The van der Waals surface area contributed by atoms with E-state index in [9.17, 15) is 0 Å². The molecular formula is C26H37N7O2. The SMILES string of the molecule is C=C1Nc2ccc(C)cc2/C1=N/Nc1cc(N(CCC)CCC)nc(OCCN2CCOCC2)n1. The lowest BCUT2D eigenvalue weighted by Gasteiger charge is -2.26. The highest BCUT2D eigenvalue weighted by Crippen LogP contribution is 2.29. The summed E-state index contributed by atoms with van der Waals surface area (Å²) in [4.78, 5) is 13.9. The lowest BCUT2D eigenvalue weighted by atomic mass is 10.1. The molecule has 2 N–H and O–H groups in total. The first-order valence-electron chi connectivity index (χ1n) is 12.5. The lowest BCUT2D eigenvalue weighted by molar-refractivity contribution is 0.0317. The van der Waals surface area contributed by atoms with Gasteiger partial charge >= 0.3 is 6.01 Å². The summed E-state index contributed by atoms with van der Waals surface area (Å²) in [6.45, 7) is 17.1. The molecule has 0 saturated carbocycles. The molecule has 1 fully saturated rings. The molecule has 0 spiro atoms. The molecular weight excluding hydrogens is 442 g/mol. The van der Waals surface area contributed by atoms with E-state index < -0.39 is 0 Å². The number of hydrogen-bond acceptors (Lipinski definition) is 9. The summed E-state index contributed by atoms with van der Waals surface area (Å²) in [7, 11) is 0. The van der Waals surface area contributed by atoms with Crippen LogP contribution in [-0.4, -0.2) is 73.1 Å². The van der Waals surface area contributed by atoms with Crippen molar-refractivity contribution < 1.29 is 9.47 Å². The summed E-state index contributed by atoms with van der Waals surface area (Å²) < 4.78 is 11.4. The third kappa shape index (κ3) is 6.49. The molecule has 188 valence electrons. The minimum atomic E-state index is 0.357. The Labute approximate surface area is 208 Å². The van der Waals surface area contributed by atoms with Crippen molar-refractivity contribution in [1.82, 2.24) is 14.9 Å². The molecule has 3 heterocycles. The van der Waals surface area contributed by atoms with Gasteiger partial charge in [0.25, 0.3) is 0 Å². The zero-order valence-corrected chi connectivity index (χ0v) is 21.1. The number of fused-ring (bicyclic) bond motifs is 1. The van der Waals surface area contributed by atoms with Crippen molar-refractivity contribution in [3.8, 4) is 6.01 Å². The molecule has 0 unspecified atom stereocenters. The first kappa shape index (κ1) is 24.9. The summed E-state index contributed by atoms with van der Waals surface area (Å²) in [6.07, 6.45) is 2.06. The summed E-state index contributed by atoms with van der Waals surface area (Å²) >= 11 is 0. The fraction of sp³-hybridized carbons (Fsp3) is 0.500. The number of ether oxygens (including phenoxy) is 2. The fourth-order valence-corrected chi connectivity index (χ4v) is 4.26. The summed E-state index contributed by atoms with van der Waals surface area (Å²) in [5.74, 6) is 1.43. The van der Waals surface area contributed by atoms with E-state index in [0.29, 0.717) is 18.4 Å². The van der Waals surface area contributed by atoms with Crippen LogP contribution in [0.25, 0.3) is 0 Å². The Morgan fingerprint density at radius 1 is 1.17 bits per heavy atom. The summed E-state index contributed by atoms with van der Waals surface area (Å²) in [5, 5.41) is 7.96. The molecule has 35 heavy (non-hydrogen) atoms. The number of nitrogens with zero attached hydrogens (tertiary/aromatic N) is 5. The predicted molar refractivity (Wildman–Crippen MR) is 142 cm³/mol. The second-order valence-electron chi connectivity index (χ2n) is 8.91. The number of aryl methyl sites for hydroxylation is 1. The lowest BCUT2D eigenvalue weighted by Crippen LogP contribution is -2.38. The van der Waals surface area contributed by atoms with Crippen LogP contribution in [0.15, 0.2) is 41.6 Å². The molecule has 0 amide bonds. The second kappa shape index (κ2) is 12.0. The molecule has 1 aromatic carbocycles. The Morgan fingerprint density at radius 3 is 2.69 bits per heavy atom. The van der Waals surface area contributed by atoms with Gasteiger partial charge in [0.15, 0.2) is 5.82 Å². The average Bonchev–Trinajstić information content (AvgIpc) is 3.17. The van der Waals surface area contributed by atoms with Crippen LogP contribution in [0.3, 0.4) is 0 Å². The number of hydrazone groups is 1. The Balaban J connectivity index is 1.54. The van der Waals surface area contributed by atoms with Gasteiger partial charge in [-0.3, -0.25) is 10.3 Å². The number of anilines is 3. The molecule has 4 rings (SSSR count). The topological polar surface area (TPSA) is 87.1 Å². The van der Waals surface area contributed by atoms with Crippen LogP contribution in [0.4, 0.5) is 17.3 Å². The molecule has 2 aliphatic rings. The number of allylic oxidation sites excluding steroid dienone is 1. The quantitative estimate of drug-likeness (QED) is 0.470. The van der Waals surface area contributed by atoms with Gasteiger partial charge < -0.3 is 19.7 Å². The van der Waals surface area contributed by atoms with E-state index in [4.69, 9.17) is 14.5 Å². The first-order chi connectivity index (χ1) is 17.1. The number of benzene rings is 1. The third-order valence-electron chi connectivity index (χ3n) is 6.03. The number of morpholine rings is 1. The molecule has 9 nitrogen and oxygen atoms in total. The van der Waals surface area contributed by atoms with Gasteiger partial charge in [-0.25, -0.2) is 0 Å². The fourth-order valence-electron chi connectivity index (χ4n) is 4.26. The van der Waals surface area contributed by atoms with E-state index >= 15 is 0 Å². The molecule has 1 saturated heterocycles. The monoisotopic (exact) mass is 479 g/mol. The van der Waals surface area contributed by atoms with E-state index in [2.05, 4.69) is 76.2 Å². The van der Waals surface area contributed by atoms with E-state index in [1.54, 1.807) is 0 Å². The molecule has 0 radical (unpaired) electrons. The molecule has 0 atom stereocenters. The molecule has 2 aliphatic heterocycles. The zero-order chi connectivity index (χ0) is 24.6. The van der Waals surface area contributed by atoms with Gasteiger partial charge in [-0.05, 0) is 31.9 Å². The number of aromatic nitrogens is 2. The van der Waals surface area contributed by atoms with E-state index in [-0.39, 0.29) is 0 Å². The Morgan fingerprint density at radius 2 is 1.94 bits per heavy atom. The Hall–Kier alpha value is -3.17. The first-order valence-corrected chi connectivity index (χ1v) is 12.5. The van der Waals surface area contributed by atoms with Crippen LogP contribution in [0.5, 0.6) is 6.01 Å². The smallest absolute Gasteiger partial charge is 0.320 e. The maximum Gasteiger partial charge on any atom is 0.320 e. The maximum atomic E-state index is 6.01. The van der Waals surface area contributed by atoms with Gasteiger partial charge in [-0.15, -0.1) is 0 Å². The van der Waals surface area contributed by atoms with Gasteiger partial charge in [0.1, 0.15) is 18.1 Å². The highest BCUT2D eigenvalue weighted by atomic mass is 16.5. The van der Waals surface area contributed by atoms with Crippen molar-refractivity contribution in [3.63, 3.8) is 0 Å². The van der Waals surface area contributed by atoms with Crippen molar-refractivity contribution in [1.29, 1.82) is 0 Å². The van der Waals surface area contributed by atoms with E-state index in [1.165, 1.54) is 5.56 Å². The minimum Gasteiger partial charge on any atom is -0.462 e. The van der Waals surface area contributed by atoms with Crippen molar-refractivity contribution in [2.75, 3.05) is 68.2 Å². The standard InChI is InChI=1S/C26H37N7O2/c1-5-9-33(10-6-2)24-18-23(28-26(29-24)35-16-13-32-11-14-34-15-12-32)30-31-25-20(4)27-22-8-7-19(3)17-21(22)25/h7-8,17-18,27H,4-6,9-16H2,1-3H3,(H,28,29,30)/b31-25+. The maximum absolute atomic E-state index is 6.01. The van der Waals surface area contributed by atoms with Gasteiger partial charge in [-0.2, -0.15) is 15.1 Å². The van der Waals surface area contributed by atoms with Crippen LogP contribution in [0, 0.1) is 6.92 Å². The molecule has 0 bridgehead atoms. The number of hydrogen-bond donors (Lipinski definition) is 2. The second-order valence-corrected chi connectivity index (χ2v) is 8.91.